The first-order valence-corrected chi connectivity index (χ1v) is 8.64. The van der Waals surface area contributed by atoms with Gasteiger partial charge in [0.05, 0.1) is 0 Å². The van der Waals surface area contributed by atoms with Gasteiger partial charge in [-0.3, -0.25) is 5.10 Å². The summed E-state index contributed by atoms with van der Waals surface area (Å²) in [6.07, 6.45) is 0.980. The average molecular weight is 316 g/mol. The molecule has 0 saturated carbocycles. The summed E-state index contributed by atoms with van der Waals surface area (Å²) in [6.45, 7) is 2.14. The van der Waals surface area contributed by atoms with Gasteiger partial charge in [0, 0.05) is 16.3 Å². The number of aryl methyl sites for hydroxylation is 1. The van der Waals surface area contributed by atoms with Crippen molar-refractivity contribution in [1.29, 1.82) is 0 Å². The number of para-hydroxylation sites is 1. The van der Waals surface area contributed by atoms with E-state index in [2.05, 4.69) is 51.0 Å². The van der Waals surface area contributed by atoms with Crippen molar-refractivity contribution in [3.05, 3.63) is 52.2 Å². The van der Waals surface area contributed by atoms with Gasteiger partial charge in [0.25, 0.3) is 0 Å². The highest BCUT2D eigenvalue weighted by atomic mass is 32.2. The highest BCUT2D eigenvalue weighted by Gasteiger charge is 2.06. The Bertz CT molecular complexity index is 691. The Morgan fingerprint density at radius 3 is 2.95 bits per heavy atom. The molecule has 0 fully saturated rings. The monoisotopic (exact) mass is 316 g/mol. The lowest BCUT2D eigenvalue weighted by molar-refractivity contribution is 0.973. The minimum absolute atomic E-state index is 0.615. The highest BCUT2D eigenvalue weighted by molar-refractivity contribution is 7.98. The van der Waals surface area contributed by atoms with Crippen molar-refractivity contribution in [1.82, 2.24) is 15.2 Å². The van der Waals surface area contributed by atoms with Gasteiger partial charge in [-0.05, 0) is 29.5 Å². The molecule has 4 nitrogen and oxygen atoms in total. The first-order chi connectivity index (χ1) is 10.3. The standard InChI is InChI=1S/C15H16N4S2/c1-2-11-6-3-4-8-13(11)16-14-17-15(19-18-14)21-10-12-7-5-9-20-12/h3-9H,2,10H2,1H3,(H2,16,17,18,19). The largest absolute Gasteiger partial charge is 0.323 e. The van der Waals surface area contributed by atoms with E-state index in [0.717, 1.165) is 23.0 Å². The van der Waals surface area contributed by atoms with E-state index in [9.17, 15) is 0 Å². The van der Waals surface area contributed by atoms with Crippen molar-refractivity contribution in [2.45, 2.75) is 24.3 Å². The molecule has 3 rings (SSSR count). The van der Waals surface area contributed by atoms with Gasteiger partial charge in [0.15, 0.2) is 5.16 Å². The lowest BCUT2D eigenvalue weighted by Gasteiger charge is -2.06. The molecule has 0 unspecified atom stereocenters. The molecule has 0 bridgehead atoms. The molecule has 0 saturated heterocycles. The fourth-order valence-corrected chi connectivity index (χ4v) is 3.55. The van der Waals surface area contributed by atoms with Gasteiger partial charge < -0.3 is 5.32 Å². The van der Waals surface area contributed by atoms with E-state index in [0.29, 0.717) is 5.95 Å². The SMILES string of the molecule is CCc1ccccc1Nc1n[nH]c(SCc2cccs2)n1. The second-order valence-corrected chi connectivity index (χ2v) is 6.46. The number of thiophene rings is 1. The van der Waals surface area contributed by atoms with Crippen LogP contribution in [0.15, 0.2) is 46.9 Å². The number of hydrogen-bond donors (Lipinski definition) is 2. The van der Waals surface area contributed by atoms with Crippen LogP contribution < -0.4 is 5.32 Å². The van der Waals surface area contributed by atoms with Crippen molar-refractivity contribution in [3.63, 3.8) is 0 Å². The summed E-state index contributed by atoms with van der Waals surface area (Å²) in [5.74, 6) is 1.53. The molecule has 108 valence electrons. The number of nitrogens with one attached hydrogen (secondary N) is 2. The van der Waals surface area contributed by atoms with Crippen LogP contribution in [-0.2, 0) is 12.2 Å². The quantitative estimate of drug-likeness (QED) is 0.659. The molecule has 0 aliphatic heterocycles. The van der Waals surface area contributed by atoms with Crippen LogP contribution in [0.2, 0.25) is 0 Å². The Balaban J connectivity index is 1.64. The van der Waals surface area contributed by atoms with Crippen molar-refractivity contribution < 1.29 is 0 Å². The third kappa shape index (κ3) is 3.65. The van der Waals surface area contributed by atoms with Gasteiger partial charge in [-0.25, -0.2) is 0 Å². The van der Waals surface area contributed by atoms with Crippen LogP contribution in [0.5, 0.6) is 0 Å². The molecule has 2 N–H and O–H groups in total. The number of thioether (sulfide) groups is 1. The van der Waals surface area contributed by atoms with Gasteiger partial charge in [0.1, 0.15) is 0 Å². The van der Waals surface area contributed by atoms with Gasteiger partial charge in [-0.15, -0.1) is 16.4 Å². The van der Waals surface area contributed by atoms with Crippen molar-refractivity contribution >= 4 is 34.7 Å². The van der Waals surface area contributed by atoms with Gasteiger partial charge >= 0.3 is 0 Å². The minimum Gasteiger partial charge on any atom is -0.323 e. The average Bonchev–Trinajstić information content (AvgIpc) is 3.17. The molecule has 0 atom stereocenters. The maximum atomic E-state index is 4.47. The van der Waals surface area contributed by atoms with Crippen LogP contribution in [0.3, 0.4) is 0 Å². The number of aromatic nitrogens is 3. The zero-order valence-corrected chi connectivity index (χ0v) is 13.3. The number of nitrogens with zero attached hydrogens (tertiary/aromatic N) is 2. The number of aromatic amines is 1. The molecule has 6 heteroatoms. The lowest BCUT2D eigenvalue weighted by Crippen LogP contribution is -1.96. The zero-order chi connectivity index (χ0) is 14.5. The fraction of sp³-hybridized carbons (Fsp3) is 0.200. The van der Waals surface area contributed by atoms with Crippen LogP contribution in [0.1, 0.15) is 17.4 Å². The summed E-state index contributed by atoms with van der Waals surface area (Å²) < 4.78 is 0. The normalized spacial score (nSPS) is 10.7. The maximum Gasteiger partial charge on any atom is 0.247 e. The summed E-state index contributed by atoms with van der Waals surface area (Å²) in [6, 6.07) is 12.4. The summed E-state index contributed by atoms with van der Waals surface area (Å²) >= 11 is 3.42. The Labute approximate surface area is 132 Å². The molecule has 2 heterocycles. The van der Waals surface area contributed by atoms with E-state index in [1.54, 1.807) is 23.1 Å². The summed E-state index contributed by atoms with van der Waals surface area (Å²) in [5, 5.41) is 13.4. The molecule has 0 aliphatic carbocycles. The molecule has 0 amide bonds. The van der Waals surface area contributed by atoms with E-state index in [-0.39, 0.29) is 0 Å². The molecular formula is C15H16N4S2. The van der Waals surface area contributed by atoms with E-state index >= 15 is 0 Å². The number of benzene rings is 1. The van der Waals surface area contributed by atoms with E-state index in [4.69, 9.17) is 0 Å². The number of hydrogen-bond acceptors (Lipinski definition) is 5. The molecule has 0 radical (unpaired) electrons. The second kappa shape index (κ2) is 6.78. The van der Waals surface area contributed by atoms with Crippen molar-refractivity contribution in [3.8, 4) is 0 Å². The smallest absolute Gasteiger partial charge is 0.247 e. The minimum atomic E-state index is 0.615. The Hall–Kier alpha value is -1.79. The first kappa shape index (κ1) is 14.2. The van der Waals surface area contributed by atoms with Crippen molar-refractivity contribution in [2.24, 2.45) is 0 Å². The topological polar surface area (TPSA) is 53.6 Å². The molecule has 3 aromatic rings. The molecule has 1 aromatic carbocycles. The Morgan fingerprint density at radius 2 is 2.14 bits per heavy atom. The molecule has 0 spiro atoms. The van der Waals surface area contributed by atoms with Crippen molar-refractivity contribution in [2.75, 3.05) is 5.32 Å². The molecule has 2 aromatic heterocycles. The summed E-state index contributed by atoms with van der Waals surface area (Å²) in [7, 11) is 0. The third-order valence-electron chi connectivity index (χ3n) is 3.04. The highest BCUT2D eigenvalue weighted by Crippen LogP contribution is 2.24. The van der Waals surface area contributed by atoms with E-state index < -0.39 is 0 Å². The van der Waals surface area contributed by atoms with Crippen LogP contribution >= 0.6 is 23.1 Å². The summed E-state index contributed by atoms with van der Waals surface area (Å²) in [5.41, 5.74) is 2.32. The van der Waals surface area contributed by atoms with E-state index in [1.807, 2.05) is 18.2 Å². The summed E-state index contributed by atoms with van der Waals surface area (Å²) in [4.78, 5) is 5.81. The lowest BCUT2D eigenvalue weighted by atomic mass is 10.1. The predicted molar refractivity (Wildman–Crippen MR) is 89.4 cm³/mol. The maximum absolute atomic E-state index is 4.47. The van der Waals surface area contributed by atoms with Crippen LogP contribution in [-0.4, -0.2) is 15.2 Å². The van der Waals surface area contributed by atoms with Gasteiger partial charge in [-0.1, -0.05) is 43.0 Å². The zero-order valence-electron chi connectivity index (χ0n) is 11.7. The van der Waals surface area contributed by atoms with E-state index in [1.165, 1.54) is 10.4 Å². The first-order valence-electron chi connectivity index (χ1n) is 6.77. The molecular weight excluding hydrogens is 300 g/mol. The van der Waals surface area contributed by atoms with Crippen LogP contribution in [0.4, 0.5) is 11.6 Å². The number of anilines is 2. The Kier molecular flexibility index (Phi) is 4.57. The number of rotatable bonds is 6. The number of H-pyrrole nitrogens is 1. The Morgan fingerprint density at radius 1 is 1.24 bits per heavy atom. The molecule has 21 heavy (non-hydrogen) atoms. The fourth-order valence-electron chi connectivity index (χ4n) is 1.97. The second-order valence-electron chi connectivity index (χ2n) is 4.47. The van der Waals surface area contributed by atoms with Crippen LogP contribution in [0.25, 0.3) is 0 Å². The molecule has 0 aliphatic rings. The van der Waals surface area contributed by atoms with Gasteiger partial charge in [0.2, 0.25) is 5.95 Å². The third-order valence-corrected chi connectivity index (χ3v) is 5.01. The van der Waals surface area contributed by atoms with Gasteiger partial charge in [-0.2, -0.15) is 4.98 Å². The predicted octanol–water partition coefficient (Wildman–Crippen LogP) is 4.46. The van der Waals surface area contributed by atoms with Crippen LogP contribution in [0, 0.1) is 0 Å².